The van der Waals surface area contributed by atoms with Gasteiger partial charge >= 0.3 is 0 Å². The van der Waals surface area contributed by atoms with E-state index in [1.165, 1.54) is 0 Å². The molecule has 0 radical (unpaired) electrons. The minimum absolute atomic E-state index is 0.127. The molecule has 0 aliphatic rings. The third kappa shape index (κ3) is 5.42. The number of benzene rings is 1. The molecule has 0 aromatic heterocycles. The summed E-state index contributed by atoms with van der Waals surface area (Å²) in [6.45, 7) is 5.52. The molecule has 1 unspecified atom stereocenters. The first-order valence-corrected chi connectivity index (χ1v) is 6.31. The Morgan fingerprint density at radius 1 is 1.32 bits per heavy atom. The van der Waals surface area contributed by atoms with Gasteiger partial charge in [-0.3, -0.25) is 20.4 Å². The molecule has 0 fully saturated rings. The number of amides is 2. The van der Waals surface area contributed by atoms with Crippen molar-refractivity contribution in [1.29, 1.82) is 0 Å². The number of hydrazine groups is 1. The first-order valence-electron chi connectivity index (χ1n) is 6.31. The van der Waals surface area contributed by atoms with Crippen molar-refractivity contribution in [2.24, 2.45) is 5.92 Å². The molecule has 2 N–H and O–H groups in total. The van der Waals surface area contributed by atoms with Gasteiger partial charge in [0.1, 0.15) is 5.75 Å². The van der Waals surface area contributed by atoms with Crippen LogP contribution in [0.2, 0.25) is 0 Å². The van der Waals surface area contributed by atoms with Crippen molar-refractivity contribution >= 4 is 11.8 Å². The Morgan fingerprint density at radius 2 is 2.05 bits per heavy atom. The Kier molecular flexibility index (Phi) is 5.85. The Hall–Kier alpha value is -2.04. The van der Waals surface area contributed by atoms with Crippen molar-refractivity contribution in [1.82, 2.24) is 10.9 Å². The second-order valence-electron chi connectivity index (χ2n) is 4.45. The van der Waals surface area contributed by atoms with Crippen LogP contribution in [0.15, 0.2) is 24.3 Å². The molecule has 5 heteroatoms. The summed E-state index contributed by atoms with van der Waals surface area (Å²) >= 11 is 0. The summed E-state index contributed by atoms with van der Waals surface area (Å²) in [5.41, 5.74) is 5.74. The number of hydrogen-bond acceptors (Lipinski definition) is 3. The molecular formula is C14H20N2O3. The van der Waals surface area contributed by atoms with Gasteiger partial charge < -0.3 is 4.74 Å². The molecule has 1 rings (SSSR count). The van der Waals surface area contributed by atoms with E-state index in [1.54, 1.807) is 13.0 Å². The molecule has 0 saturated heterocycles. The molecule has 1 aromatic carbocycles. The summed E-state index contributed by atoms with van der Waals surface area (Å²) in [6, 6.07) is 7.41. The summed E-state index contributed by atoms with van der Waals surface area (Å²) in [5.74, 6) is -0.0917. The van der Waals surface area contributed by atoms with Crippen LogP contribution in [0.1, 0.15) is 25.8 Å². The predicted octanol–water partition coefficient (Wildman–Crippen LogP) is 1.57. The lowest BCUT2D eigenvalue weighted by atomic mass is 10.1. The van der Waals surface area contributed by atoms with Gasteiger partial charge in [0.15, 0.2) is 6.61 Å². The molecule has 19 heavy (non-hydrogen) atoms. The average molecular weight is 264 g/mol. The van der Waals surface area contributed by atoms with E-state index in [0.29, 0.717) is 5.75 Å². The van der Waals surface area contributed by atoms with Crippen LogP contribution in [0.3, 0.4) is 0 Å². The van der Waals surface area contributed by atoms with Crippen LogP contribution >= 0.6 is 0 Å². The largest absolute Gasteiger partial charge is 0.484 e. The lowest BCUT2D eigenvalue weighted by molar-refractivity contribution is -0.131. The van der Waals surface area contributed by atoms with Gasteiger partial charge in [0, 0.05) is 5.92 Å². The number of hydrogen-bond donors (Lipinski definition) is 2. The smallest absolute Gasteiger partial charge is 0.276 e. The fourth-order valence-corrected chi connectivity index (χ4v) is 1.33. The SMILES string of the molecule is CCC(C)C(=O)NNC(=O)COc1cccc(C)c1. The summed E-state index contributed by atoms with van der Waals surface area (Å²) in [7, 11) is 0. The molecule has 5 nitrogen and oxygen atoms in total. The third-order valence-electron chi connectivity index (χ3n) is 2.74. The van der Waals surface area contributed by atoms with E-state index in [1.807, 2.05) is 32.0 Å². The highest BCUT2D eigenvalue weighted by Gasteiger charge is 2.11. The number of carbonyl (C=O) groups excluding carboxylic acids is 2. The van der Waals surface area contributed by atoms with Gasteiger partial charge in [-0.25, -0.2) is 0 Å². The highest BCUT2D eigenvalue weighted by atomic mass is 16.5. The second-order valence-corrected chi connectivity index (χ2v) is 4.45. The van der Waals surface area contributed by atoms with Crippen molar-refractivity contribution in [2.75, 3.05) is 6.61 Å². The minimum atomic E-state index is -0.391. The van der Waals surface area contributed by atoms with Crippen LogP contribution < -0.4 is 15.6 Å². The van der Waals surface area contributed by atoms with Crippen LogP contribution in [0.4, 0.5) is 0 Å². The van der Waals surface area contributed by atoms with Crippen LogP contribution in [0.5, 0.6) is 5.75 Å². The van der Waals surface area contributed by atoms with Gasteiger partial charge in [-0.2, -0.15) is 0 Å². The van der Waals surface area contributed by atoms with Gasteiger partial charge in [0.2, 0.25) is 5.91 Å². The Bertz CT molecular complexity index is 446. The van der Waals surface area contributed by atoms with E-state index in [2.05, 4.69) is 10.9 Å². The molecule has 1 aromatic rings. The first kappa shape index (κ1) is 15.0. The first-order chi connectivity index (χ1) is 9.02. The fourth-order valence-electron chi connectivity index (χ4n) is 1.33. The fraction of sp³-hybridized carbons (Fsp3) is 0.429. The van der Waals surface area contributed by atoms with Crippen LogP contribution in [0.25, 0.3) is 0 Å². The van der Waals surface area contributed by atoms with E-state index in [4.69, 9.17) is 4.74 Å². The lowest BCUT2D eigenvalue weighted by Gasteiger charge is -2.11. The molecule has 0 saturated carbocycles. The number of nitrogens with one attached hydrogen (secondary N) is 2. The van der Waals surface area contributed by atoms with Crippen molar-refractivity contribution in [3.8, 4) is 5.75 Å². The van der Waals surface area contributed by atoms with Crippen LogP contribution in [-0.4, -0.2) is 18.4 Å². The standard InChI is InChI=1S/C14H20N2O3/c1-4-11(3)14(18)16-15-13(17)9-19-12-7-5-6-10(2)8-12/h5-8,11H,4,9H2,1-3H3,(H,15,17)(H,16,18). The average Bonchev–Trinajstić information content (AvgIpc) is 2.41. The number of aryl methyl sites for hydroxylation is 1. The van der Waals surface area contributed by atoms with Crippen molar-refractivity contribution in [3.63, 3.8) is 0 Å². The van der Waals surface area contributed by atoms with Crippen LogP contribution in [0, 0.1) is 12.8 Å². The normalized spacial score (nSPS) is 11.5. The minimum Gasteiger partial charge on any atom is -0.484 e. The second kappa shape index (κ2) is 7.41. The van der Waals surface area contributed by atoms with Gasteiger partial charge in [-0.15, -0.1) is 0 Å². The van der Waals surface area contributed by atoms with E-state index >= 15 is 0 Å². The maximum atomic E-state index is 11.5. The van der Waals surface area contributed by atoms with E-state index < -0.39 is 5.91 Å². The van der Waals surface area contributed by atoms with Gasteiger partial charge in [-0.1, -0.05) is 26.0 Å². The summed E-state index contributed by atoms with van der Waals surface area (Å²) in [4.78, 5) is 22.9. The molecule has 0 spiro atoms. The zero-order chi connectivity index (χ0) is 14.3. The molecule has 1 atom stereocenters. The summed E-state index contributed by atoms with van der Waals surface area (Å²) < 4.78 is 5.30. The van der Waals surface area contributed by atoms with Gasteiger partial charge in [0.25, 0.3) is 5.91 Å². The van der Waals surface area contributed by atoms with Gasteiger partial charge in [-0.05, 0) is 31.0 Å². The van der Waals surface area contributed by atoms with E-state index in [-0.39, 0.29) is 18.4 Å². The Morgan fingerprint density at radius 3 is 2.68 bits per heavy atom. The van der Waals surface area contributed by atoms with Gasteiger partial charge in [0.05, 0.1) is 0 Å². The summed E-state index contributed by atoms with van der Waals surface area (Å²) in [5, 5.41) is 0. The molecule has 0 heterocycles. The molecule has 0 aliphatic heterocycles. The van der Waals surface area contributed by atoms with Crippen LogP contribution in [-0.2, 0) is 9.59 Å². The number of rotatable bonds is 5. The Balaban J connectivity index is 2.30. The molecule has 104 valence electrons. The maximum absolute atomic E-state index is 11.5. The Labute approximate surface area is 113 Å². The lowest BCUT2D eigenvalue weighted by Crippen LogP contribution is -2.45. The molecule has 0 aliphatic carbocycles. The highest BCUT2D eigenvalue weighted by Crippen LogP contribution is 2.11. The quantitative estimate of drug-likeness (QED) is 0.793. The van der Waals surface area contributed by atoms with Crippen molar-refractivity contribution < 1.29 is 14.3 Å². The van der Waals surface area contributed by atoms with Crippen molar-refractivity contribution in [2.45, 2.75) is 27.2 Å². The topological polar surface area (TPSA) is 67.4 Å². The monoisotopic (exact) mass is 264 g/mol. The zero-order valence-corrected chi connectivity index (χ0v) is 11.5. The zero-order valence-electron chi connectivity index (χ0n) is 11.5. The highest BCUT2D eigenvalue weighted by molar-refractivity contribution is 5.83. The molecule has 0 bridgehead atoms. The predicted molar refractivity (Wildman–Crippen MR) is 72.4 cm³/mol. The molecular weight excluding hydrogens is 244 g/mol. The summed E-state index contributed by atoms with van der Waals surface area (Å²) in [6.07, 6.45) is 0.724. The van der Waals surface area contributed by atoms with Crippen molar-refractivity contribution in [3.05, 3.63) is 29.8 Å². The van der Waals surface area contributed by atoms with E-state index in [0.717, 1.165) is 12.0 Å². The number of ether oxygens (including phenoxy) is 1. The third-order valence-corrected chi connectivity index (χ3v) is 2.74. The molecule has 2 amide bonds. The maximum Gasteiger partial charge on any atom is 0.276 e. The van der Waals surface area contributed by atoms with E-state index in [9.17, 15) is 9.59 Å². The number of carbonyl (C=O) groups is 2.